The minimum Gasteiger partial charge on any atom is -0.465 e. The molecule has 2 N–H and O–H groups in total. The van der Waals surface area contributed by atoms with Crippen LogP contribution in [0.1, 0.15) is 15.9 Å². The second-order valence-corrected chi connectivity index (χ2v) is 6.56. The Morgan fingerprint density at radius 1 is 1.33 bits per heavy atom. The van der Waals surface area contributed by atoms with Crippen LogP contribution < -0.4 is 5.73 Å². The molecule has 0 bridgehead atoms. The van der Waals surface area contributed by atoms with E-state index in [1.807, 2.05) is 18.2 Å². The van der Waals surface area contributed by atoms with Crippen LogP contribution in [-0.4, -0.2) is 13.1 Å². The second kappa shape index (κ2) is 7.20. The van der Waals surface area contributed by atoms with Gasteiger partial charge in [0.1, 0.15) is 0 Å². The van der Waals surface area contributed by atoms with Gasteiger partial charge in [-0.2, -0.15) is 0 Å². The number of hydrogen-bond acceptors (Lipinski definition) is 4. The molecule has 2 aromatic carbocycles. The van der Waals surface area contributed by atoms with Crippen LogP contribution >= 0.6 is 39.3 Å². The molecule has 0 unspecified atom stereocenters. The summed E-state index contributed by atoms with van der Waals surface area (Å²) < 4.78 is 5.56. The number of carbonyl (C=O) groups is 1. The summed E-state index contributed by atoms with van der Waals surface area (Å²) in [6.45, 7) is 0. The fourth-order valence-corrected chi connectivity index (χ4v) is 3.68. The summed E-state index contributed by atoms with van der Waals surface area (Å²) in [5.41, 5.74) is 7.91. The monoisotopic (exact) mass is 385 g/mol. The van der Waals surface area contributed by atoms with Gasteiger partial charge in [-0.05, 0) is 35.9 Å². The summed E-state index contributed by atoms with van der Waals surface area (Å²) >= 11 is 11.2. The lowest BCUT2D eigenvalue weighted by Crippen LogP contribution is -2.01. The first kappa shape index (κ1) is 16.2. The molecule has 0 heterocycles. The maximum absolute atomic E-state index is 11.5. The van der Waals surface area contributed by atoms with Crippen molar-refractivity contribution >= 4 is 50.9 Å². The van der Waals surface area contributed by atoms with E-state index in [-0.39, 0.29) is 5.97 Å². The Labute approximate surface area is 140 Å². The summed E-state index contributed by atoms with van der Waals surface area (Å²) in [7, 11) is 1.36. The Kier molecular flexibility index (Phi) is 5.56. The molecule has 21 heavy (non-hydrogen) atoms. The van der Waals surface area contributed by atoms with E-state index in [9.17, 15) is 4.79 Å². The number of esters is 1. The van der Waals surface area contributed by atoms with Crippen molar-refractivity contribution in [1.29, 1.82) is 0 Å². The standard InChI is InChI=1S/C15H13BrClNO2S/c1-20-15(19)9-2-3-10(12(16)6-9)8-21-14-5-4-11(18)7-13(14)17/h2-7H,8,18H2,1H3. The highest BCUT2D eigenvalue weighted by molar-refractivity contribution is 9.10. The van der Waals surface area contributed by atoms with Gasteiger partial charge in [0, 0.05) is 20.8 Å². The highest BCUT2D eigenvalue weighted by Gasteiger charge is 2.09. The normalized spacial score (nSPS) is 10.4. The van der Waals surface area contributed by atoms with Crippen molar-refractivity contribution < 1.29 is 9.53 Å². The van der Waals surface area contributed by atoms with E-state index in [0.717, 1.165) is 20.7 Å². The third-order valence-corrected chi connectivity index (χ3v) is 5.10. The SMILES string of the molecule is COC(=O)c1ccc(CSc2ccc(N)cc2Cl)c(Br)c1. The summed E-state index contributed by atoms with van der Waals surface area (Å²) in [4.78, 5) is 12.4. The fraction of sp³-hybridized carbons (Fsp3) is 0.133. The molecule has 0 fully saturated rings. The summed E-state index contributed by atoms with van der Waals surface area (Å²) in [6.07, 6.45) is 0. The molecule has 0 saturated carbocycles. The van der Waals surface area contributed by atoms with Crippen LogP contribution in [-0.2, 0) is 10.5 Å². The second-order valence-electron chi connectivity index (χ2n) is 4.28. The van der Waals surface area contributed by atoms with Crippen LogP contribution in [0.3, 0.4) is 0 Å². The van der Waals surface area contributed by atoms with Gasteiger partial charge in [-0.1, -0.05) is 33.6 Å². The third kappa shape index (κ3) is 4.15. The number of methoxy groups -OCH3 is 1. The van der Waals surface area contributed by atoms with Crippen molar-refractivity contribution in [3.63, 3.8) is 0 Å². The van der Waals surface area contributed by atoms with E-state index in [0.29, 0.717) is 16.3 Å². The molecule has 0 aromatic heterocycles. The van der Waals surface area contributed by atoms with Crippen LogP contribution in [0.4, 0.5) is 5.69 Å². The quantitative estimate of drug-likeness (QED) is 0.467. The molecule has 0 radical (unpaired) electrons. The maximum atomic E-state index is 11.5. The van der Waals surface area contributed by atoms with Gasteiger partial charge in [0.05, 0.1) is 17.7 Å². The Hall–Kier alpha value is -1.17. The number of nitrogens with two attached hydrogens (primary N) is 1. The molecule has 0 atom stereocenters. The van der Waals surface area contributed by atoms with Crippen molar-refractivity contribution in [2.45, 2.75) is 10.6 Å². The largest absolute Gasteiger partial charge is 0.465 e. The predicted octanol–water partition coefficient (Wildman–Crippen LogP) is 4.76. The molecule has 0 aliphatic carbocycles. The van der Waals surface area contributed by atoms with Crippen LogP contribution in [0, 0.1) is 0 Å². The van der Waals surface area contributed by atoms with E-state index in [4.69, 9.17) is 22.1 Å². The van der Waals surface area contributed by atoms with Crippen molar-refractivity contribution in [1.82, 2.24) is 0 Å². The zero-order valence-corrected chi connectivity index (χ0v) is 14.4. The van der Waals surface area contributed by atoms with Crippen molar-refractivity contribution in [3.05, 3.63) is 57.0 Å². The first-order valence-electron chi connectivity index (χ1n) is 6.06. The summed E-state index contributed by atoms with van der Waals surface area (Å²) in [5.74, 6) is 0.377. The lowest BCUT2D eigenvalue weighted by molar-refractivity contribution is 0.0600. The van der Waals surface area contributed by atoms with E-state index >= 15 is 0 Å². The van der Waals surface area contributed by atoms with Gasteiger partial charge in [-0.15, -0.1) is 11.8 Å². The zero-order valence-electron chi connectivity index (χ0n) is 11.2. The molecular formula is C15H13BrClNO2S. The number of rotatable bonds is 4. The van der Waals surface area contributed by atoms with Crippen molar-refractivity contribution in [3.8, 4) is 0 Å². The molecule has 0 aliphatic rings. The average Bonchev–Trinajstić information content (AvgIpc) is 2.46. The van der Waals surface area contributed by atoms with Gasteiger partial charge < -0.3 is 10.5 Å². The Morgan fingerprint density at radius 3 is 2.71 bits per heavy atom. The number of carbonyl (C=O) groups excluding carboxylic acids is 1. The van der Waals surface area contributed by atoms with Crippen molar-refractivity contribution in [2.24, 2.45) is 0 Å². The molecule has 0 amide bonds. The third-order valence-electron chi connectivity index (χ3n) is 2.81. The lowest BCUT2D eigenvalue weighted by atomic mass is 10.1. The molecular weight excluding hydrogens is 374 g/mol. The summed E-state index contributed by atoms with van der Waals surface area (Å²) in [5, 5.41) is 0.641. The van der Waals surface area contributed by atoms with Gasteiger partial charge in [0.2, 0.25) is 0 Å². The zero-order chi connectivity index (χ0) is 15.4. The van der Waals surface area contributed by atoms with Crippen LogP contribution in [0.25, 0.3) is 0 Å². The number of anilines is 1. The molecule has 2 aromatic rings. The van der Waals surface area contributed by atoms with E-state index in [2.05, 4.69) is 15.9 Å². The smallest absolute Gasteiger partial charge is 0.337 e. The highest BCUT2D eigenvalue weighted by atomic mass is 79.9. The van der Waals surface area contributed by atoms with Gasteiger partial charge >= 0.3 is 5.97 Å². The van der Waals surface area contributed by atoms with Gasteiger partial charge in [0.25, 0.3) is 0 Å². The van der Waals surface area contributed by atoms with Crippen LogP contribution in [0.2, 0.25) is 5.02 Å². The Bertz CT molecular complexity index is 679. The predicted molar refractivity (Wildman–Crippen MR) is 90.9 cm³/mol. The molecule has 0 spiro atoms. The van der Waals surface area contributed by atoms with E-state index in [1.165, 1.54) is 7.11 Å². The van der Waals surface area contributed by atoms with Crippen molar-refractivity contribution in [2.75, 3.05) is 12.8 Å². The number of thioether (sulfide) groups is 1. The van der Waals surface area contributed by atoms with Gasteiger partial charge in [0.15, 0.2) is 0 Å². The number of hydrogen-bond donors (Lipinski definition) is 1. The highest BCUT2D eigenvalue weighted by Crippen LogP contribution is 2.33. The van der Waals surface area contributed by atoms with Gasteiger partial charge in [-0.25, -0.2) is 4.79 Å². The number of benzene rings is 2. The molecule has 0 saturated heterocycles. The molecule has 110 valence electrons. The molecule has 2 rings (SSSR count). The fourth-order valence-electron chi connectivity index (χ4n) is 1.70. The molecule has 0 aliphatic heterocycles. The first-order valence-corrected chi connectivity index (χ1v) is 8.21. The van der Waals surface area contributed by atoms with Crippen LogP contribution in [0.15, 0.2) is 45.8 Å². The average molecular weight is 387 g/mol. The maximum Gasteiger partial charge on any atom is 0.337 e. The number of ether oxygens (including phenoxy) is 1. The Balaban J connectivity index is 2.11. The lowest BCUT2D eigenvalue weighted by Gasteiger charge is -2.08. The number of halogens is 2. The topological polar surface area (TPSA) is 52.3 Å². The van der Waals surface area contributed by atoms with Gasteiger partial charge in [-0.3, -0.25) is 0 Å². The Morgan fingerprint density at radius 2 is 2.10 bits per heavy atom. The molecule has 6 heteroatoms. The van der Waals surface area contributed by atoms with Crippen LogP contribution in [0.5, 0.6) is 0 Å². The first-order chi connectivity index (χ1) is 10.0. The minimum absolute atomic E-state index is 0.350. The molecule has 3 nitrogen and oxygen atoms in total. The minimum atomic E-state index is -0.350. The number of nitrogen functional groups attached to an aromatic ring is 1. The van der Waals surface area contributed by atoms with E-state index < -0.39 is 0 Å². The van der Waals surface area contributed by atoms with E-state index in [1.54, 1.807) is 30.0 Å². The summed E-state index contributed by atoms with van der Waals surface area (Å²) in [6, 6.07) is 10.9.